The number of ketones is 1. The minimum absolute atomic E-state index is 0.0560. The summed E-state index contributed by atoms with van der Waals surface area (Å²) < 4.78 is 0. The lowest BCUT2D eigenvalue weighted by Gasteiger charge is -2.02. The van der Waals surface area contributed by atoms with E-state index in [-0.39, 0.29) is 28.4 Å². The van der Waals surface area contributed by atoms with Crippen molar-refractivity contribution in [3.05, 3.63) is 76.0 Å². The van der Waals surface area contributed by atoms with Crippen molar-refractivity contribution in [2.45, 2.75) is 0 Å². The Morgan fingerprint density at radius 3 is 2.45 bits per heavy atom. The molecular weight excluding hydrogens is 284 g/mol. The molecule has 0 aliphatic heterocycles. The van der Waals surface area contributed by atoms with E-state index in [4.69, 9.17) is 0 Å². The van der Waals surface area contributed by atoms with Gasteiger partial charge < -0.3 is 0 Å². The smallest absolute Gasteiger partial charge is 0.278 e. The third-order valence-electron chi connectivity index (χ3n) is 3.17. The third-order valence-corrected chi connectivity index (χ3v) is 3.17. The van der Waals surface area contributed by atoms with Crippen LogP contribution in [0.25, 0.3) is 11.3 Å². The summed E-state index contributed by atoms with van der Waals surface area (Å²) in [6, 6.07) is 14.7. The van der Waals surface area contributed by atoms with Crippen molar-refractivity contribution in [1.82, 2.24) is 15.4 Å². The summed E-state index contributed by atoms with van der Waals surface area (Å²) in [6.07, 6.45) is 0. The monoisotopic (exact) mass is 294 g/mol. The Morgan fingerprint density at radius 1 is 1.05 bits per heavy atom. The van der Waals surface area contributed by atoms with E-state index in [2.05, 4.69) is 15.4 Å². The molecule has 0 aliphatic rings. The summed E-state index contributed by atoms with van der Waals surface area (Å²) in [7, 11) is 0. The van der Waals surface area contributed by atoms with Crippen molar-refractivity contribution < 1.29 is 9.72 Å². The Bertz CT molecular complexity index is 843. The fourth-order valence-corrected chi connectivity index (χ4v) is 2.15. The summed E-state index contributed by atoms with van der Waals surface area (Å²) in [5.74, 6) is -0.345. The molecule has 0 atom stereocenters. The van der Waals surface area contributed by atoms with Gasteiger partial charge in [0.2, 0.25) is 5.78 Å². The summed E-state index contributed by atoms with van der Waals surface area (Å²) >= 11 is 0. The van der Waals surface area contributed by atoms with Crippen LogP contribution in [-0.4, -0.2) is 26.1 Å². The number of nitro groups is 1. The Balaban J connectivity index is 2.11. The summed E-state index contributed by atoms with van der Waals surface area (Å²) in [5.41, 5.74) is 0.894. The van der Waals surface area contributed by atoms with Gasteiger partial charge >= 0.3 is 0 Å². The molecule has 0 saturated heterocycles. The van der Waals surface area contributed by atoms with Crippen molar-refractivity contribution >= 4 is 11.5 Å². The Morgan fingerprint density at radius 2 is 1.73 bits per heavy atom. The van der Waals surface area contributed by atoms with E-state index in [1.807, 2.05) is 0 Å². The molecule has 3 rings (SSSR count). The van der Waals surface area contributed by atoms with Crippen molar-refractivity contribution in [1.29, 1.82) is 0 Å². The molecule has 0 unspecified atom stereocenters. The number of nitro benzene ring substituents is 1. The molecule has 0 bridgehead atoms. The highest BCUT2D eigenvalue weighted by molar-refractivity contribution is 6.11. The quantitative estimate of drug-likeness (QED) is 0.452. The molecule has 1 heterocycles. The van der Waals surface area contributed by atoms with Gasteiger partial charge in [-0.25, -0.2) is 0 Å². The highest BCUT2D eigenvalue weighted by Gasteiger charge is 2.24. The average molecular weight is 294 g/mol. The standard InChI is InChI=1S/C15H10N4O3/c20-15(10-6-2-1-3-7-10)14-13(16-18-17-14)11-8-4-5-9-12(11)19(21)22/h1-9H,(H,16,17,18). The van der Waals surface area contributed by atoms with E-state index >= 15 is 0 Å². The Labute approximate surface area is 124 Å². The largest absolute Gasteiger partial charge is 0.287 e. The highest BCUT2D eigenvalue weighted by atomic mass is 16.6. The number of aromatic nitrogens is 3. The van der Waals surface area contributed by atoms with E-state index in [9.17, 15) is 14.9 Å². The number of para-hydroxylation sites is 1. The number of H-pyrrole nitrogens is 1. The van der Waals surface area contributed by atoms with E-state index in [1.165, 1.54) is 6.07 Å². The number of aromatic amines is 1. The van der Waals surface area contributed by atoms with Gasteiger partial charge in [0.15, 0.2) is 5.69 Å². The van der Waals surface area contributed by atoms with Crippen LogP contribution in [0.1, 0.15) is 16.1 Å². The third kappa shape index (κ3) is 2.35. The van der Waals surface area contributed by atoms with Gasteiger partial charge in [-0.2, -0.15) is 0 Å². The van der Waals surface area contributed by atoms with E-state index in [1.54, 1.807) is 48.5 Å². The maximum Gasteiger partial charge on any atom is 0.278 e. The van der Waals surface area contributed by atoms with Crippen LogP contribution in [0.5, 0.6) is 0 Å². The number of benzene rings is 2. The van der Waals surface area contributed by atoms with Crippen LogP contribution in [0.3, 0.4) is 0 Å². The lowest BCUT2D eigenvalue weighted by Crippen LogP contribution is -2.04. The fraction of sp³-hybridized carbons (Fsp3) is 0. The molecule has 3 aromatic rings. The molecule has 108 valence electrons. The first-order chi connectivity index (χ1) is 10.7. The van der Waals surface area contributed by atoms with Crippen molar-refractivity contribution in [2.24, 2.45) is 0 Å². The van der Waals surface area contributed by atoms with E-state index < -0.39 is 4.92 Å². The predicted octanol–water partition coefficient (Wildman–Crippen LogP) is 2.61. The van der Waals surface area contributed by atoms with Gasteiger partial charge in [-0.15, -0.1) is 5.10 Å². The van der Waals surface area contributed by atoms with Crippen LogP contribution in [0.15, 0.2) is 54.6 Å². The van der Waals surface area contributed by atoms with E-state index in [0.29, 0.717) is 5.56 Å². The second-order valence-corrected chi connectivity index (χ2v) is 4.50. The predicted molar refractivity (Wildman–Crippen MR) is 78.3 cm³/mol. The molecular formula is C15H10N4O3. The first-order valence-corrected chi connectivity index (χ1v) is 6.43. The van der Waals surface area contributed by atoms with Crippen molar-refractivity contribution in [2.75, 3.05) is 0 Å². The fourth-order valence-electron chi connectivity index (χ4n) is 2.15. The van der Waals surface area contributed by atoms with Gasteiger partial charge in [0, 0.05) is 11.6 Å². The average Bonchev–Trinajstić information content (AvgIpc) is 3.04. The van der Waals surface area contributed by atoms with Crippen LogP contribution >= 0.6 is 0 Å². The van der Waals surface area contributed by atoms with Gasteiger partial charge in [0.1, 0.15) is 5.69 Å². The first-order valence-electron chi connectivity index (χ1n) is 6.43. The second kappa shape index (κ2) is 5.57. The molecule has 0 saturated carbocycles. The molecule has 7 heteroatoms. The molecule has 7 nitrogen and oxygen atoms in total. The van der Waals surface area contributed by atoms with Gasteiger partial charge in [-0.3, -0.25) is 20.0 Å². The van der Waals surface area contributed by atoms with Gasteiger partial charge in [0.25, 0.3) is 5.69 Å². The highest BCUT2D eigenvalue weighted by Crippen LogP contribution is 2.30. The van der Waals surface area contributed by atoms with Crippen LogP contribution < -0.4 is 0 Å². The SMILES string of the molecule is O=C(c1ccccc1)c1nn[nH]c1-c1ccccc1[N+](=O)[O-]. The number of nitrogens with one attached hydrogen (secondary N) is 1. The Kier molecular flexibility index (Phi) is 3.45. The molecule has 0 radical (unpaired) electrons. The normalized spacial score (nSPS) is 10.4. The van der Waals surface area contributed by atoms with Crippen LogP contribution in [0.4, 0.5) is 5.69 Å². The summed E-state index contributed by atoms with van der Waals surface area (Å²) in [4.78, 5) is 23.1. The summed E-state index contributed by atoms with van der Waals surface area (Å²) in [6.45, 7) is 0. The molecule has 1 aromatic heterocycles. The number of carbonyl (C=O) groups is 1. The van der Waals surface area contributed by atoms with Gasteiger partial charge in [0.05, 0.1) is 10.5 Å². The number of carbonyl (C=O) groups excluding carboxylic acids is 1. The molecule has 2 aromatic carbocycles. The molecule has 0 aliphatic carbocycles. The minimum atomic E-state index is -0.507. The topological polar surface area (TPSA) is 102 Å². The van der Waals surface area contributed by atoms with Crippen LogP contribution in [-0.2, 0) is 0 Å². The molecule has 1 N–H and O–H groups in total. The molecule has 22 heavy (non-hydrogen) atoms. The Hall–Kier alpha value is -3.35. The maximum absolute atomic E-state index is 12.5. The number of hydrogen-bond donors (Lipinski definition) is 1. The number of hydrogen-bond acceptors (Lipinski definition) is 5. The van der Waals surface area contributed by atoms with Gasteiger partial charge in [-0.05, 0) is 6.07 Å². The second-order valence-electron chi connectivity index (χ2n) is 4.50. The molecule has 0 amide bonds. The van der Waals surface area contributed by atoms with Crippen molar-refractivity contribution in [3.63, 3.8) is 0 Å². The number of nitrogens with zero attached hydrogens (tertiary/aromatic N) is 3. The lowest BCUT2D eigenvalue weighted by atomic mass is 10.0. The van der Waals surface area contributed by atoms with Gasteiger partial charge in [-0.1, -0.05) is 47.7 Å². The molecule has 0 spiro atoms. The van der Waals surface area contributed by atoms with E-state index in [0.717, 1.165) is 0 Å². The van der Waals surface area contributed by atoms with Crippen LogP contribution in [0.2, 0.25) is 0 Å². The zero-order chi connectivity index (χ0) is 15.5. The number of rotatable bonds is 4. The maximum atomic E-state index is 12.5. The summed E-state index contributed by atoms with van der Waals surface area (Å²) in [5, 5.41) is 21.1. The molecule has 0 fully saturated rings. The minimum Gasteiger partial charge on any atom is -0.287 e. The first kappa shape index (κ1) is 13.6. The van der Waals surface area contributed by atoms with Crippen LogP contribution in [0, 0.1) is 10.1 Å². The zero-order valence-electron chi connectivity index (χ0n) is 11.3. The zero-order valence-corrected chi connectivity index (χ0v) is 11.3. The lowest BCUT2D eigenvalue weighted by molar-refractivity contribution is -0.384. The van der Waals surface area contributed by atoms with Crippen molar-refractivity contribution in [3.8, 4) is 11.3 Å².